The Morgan fingerprint density at radius 1 is 1.03 bits per heavy atom. The summed E-state index contributed by atoms with van der Waals surface area (Å²) in [5.41, 5.74) is 2.31. The van der Waals surface area contributed by atoms with Gasteiger partial charge in [0.2, 0.25) is 5.78 Å². The molecule has 0 atom stereocenters. The molecule has 0 aliphatic rings. The predicted molar refractivity (Wildman–Crippen MR) is 134 cm³/mol. The summed E-state index contributed by atoms with van der Waals surface area (Å²) in [5, 5.41) is 26.6. The number of nitrogens with one attached hydrogen (secondary N) is 2. The zero-order chi connectivity index (χ0) is 26.4. The summed E-state index contributed by atoms with van der Waals surface area (Å²) in [6, 6.07) is 12.3. The maximum Gasteiger partial charge on any atom is 0.329 e. The summed E-state index contributed by atoms with van der Waals surface area (Å²) in [7, 11) is 3.22. The van der Waals surface area contributed by atoms with Gasteiger partial charge in [0.05, 0.1) is 33.5 Å². The van der Waals surface area contributed by atoms with Crippen LogP contribution in [0.3, 0.4) is 0 Å². The Hall–Kier alpha value is -5.60. The fourth-order valence-electron chi connectivity index (χ4n) is 4.10. The summed E-state index contributed by atoms with van der Waals surface area (Å²) < 4.78 is 4.48. The van der Waals surface area contributed by atoms with E-state index in [0.29, 0.717) is 17.2 Å². The molecule has 3 aromatic heterocycles. The molecule has 0 fully saturated rings. The summed E-state index contributed by atoms with van der Waals surface area (Å²) >= 11 is 0. The van der Waals surface area contributed by atoms with Gasteiger partial charge in [-0.2, -0.15) is 10.1 Å². The first-order valence-electron chi connectivity index (χ1n) is 10.7. The van der Waals surface area contributed by atoms with Crippen molar-refractivity contribution in [1.82, 2.24) is 23.5 Å². The number of hydrogen-bond acceptors (Lipinski definition) is 9. The largest absolute Gasteiger partial charge is 0.329 e. The lowest BCUT2D eigenvalue weighted by Gasteiger charge is -2.06. The normalized spacial score (nSPS) is 11.5. The monoisotopic (exact) mass is 503 g/mol. The first-order valence-corrected chi connectivity index (χ1v) is 10.7. The van der Waals surface area contributed by atoms with Crippen molar-refractivity contribution >= 4 is 40.2 Å². The number of anilines is 1. The minimum atomic E-state index is -0.760. The molecule has 5 aromatic rings. The molecule has 0 amide bonds. The van der Waals surface area contributed by atoms with Crippen LogP contribution in [0.2, 0.25) is 0 Å². The van der Waals surface area contributed by atoms with Gasteiger partial charge >= 0.3 is 11.4 Å². The average Bonchev–Trinajstić information content (AvgIpc) is 3.39. The molecular weight excluding hydrogens is 486 g/mol. The Morgan fingerprint density at radius 3 is 2.43 bits per heavy atom. The number of imidazole rings is 2. The van der Waals surface area contributed by atoms with E-state index in [4.69, 9.17) is 0 Å². The Labute approximate surface area is 205 Å². The molecule has 0 aliphatic heterocycles. The molecule has 2 N–H and O–H groups in total. The molecule has 0 saturated carbocycles. The van der Waals surface area contributed by atoms with Gasteiger partial charge in [-0.1, -0.05) is 30.3 Å². The third-order valence-corrected chi connectivity index (χ3v) is 5.83. The van der Waals surface area contributed by atoms with E-state index in [-0.39, 0.29) is 16.9 Å². The number of H-pyrrole nitrogens is 1. The van der Waals surface area contributed by atoms with Gasteiger partial charge in [-0.05, 0) is 6.07 Å². The number of non-ortho nitro benzene ring substituents is 1. The van der Waals surface area contributed by atoms with Crippen molar-refractivity contribution in [3.05, 3.63) is 95.3 Å². The lowest BCUT2D eigenvalue weighted by Crippen LogP contribution is -2.28. The van der Waals surface area contributed by atoms with Crippen molar-refractivity contribution < 1.29 is 9.85 Å². The van der Waals surface area contributed by atoms with Crippen LogP contribution in [0.25, 0.3) is 28.2 Å². The number of benzene rings is 2. The van der Waals surface area contributed by atoms with Gasteiger partial charge in [-0.15, -0.1) is 0 Å². The average molecular weight is 503 g/mol. The summed E-state index contributed by atoms with van der Waals surface area (Å²) in [5.74, 6) is 0.350. The third-order valence-electron chi connectivity index (χ3n) is 5.83. The number of aromatic amines is 1. The first kappa shape index (κ1) is 23.2. The van der Waals surface area contributed by atoms with Gasteiger partial charge in [-0.3, -0.25) is 44.4 Å². The van der Waals surface area contributed by atoms with Crippen LogP contribution in [0.15, 0.2) is 63.2 Å². The summed E-state index contributed by atoms with van der Waals surface area (Å²) in [6.45, 7) is 0. The predicted octanol–water partition coefficient (Wildman–Crippen LogP) is 2.14. The van der Waals surface area contributed by atoms with Gasteiger partial charge < -0.3 is 4.57 Å². The minimum Gasteiger partial charge on any atom is -0.312 e. The Kier molecular flexibility index (Phi) is 5.36. The van der Waals surface area contributed by atoms with E-state index in [1.807, 2.05) is 30.3 Å². The molecule has 5 rings (SSSR count). The molecule has 0 radical (unpaired) electrons. The van der Waals surface area contributed by atoms with E-state index in [9.17, 15) is 29.8 Å². The molecule has 15 heteroatoms. The molecule has 15 nitrogen and oxygen atoms in total. The number of rotatable bonds is 6. The fourth-order valence-corrected chi connectivity index (χ4v) is 4.10. The molecule has 0 aliphatic carbocycles. The Bertz CT molecular complexity index is 1880. The van der Waals surface area contributed by atoms with E-state index in [2.05, 4.69) is 20.5 Å². The molecule has 3 heterocycles. The minimum absolute atomic E-state index is 0.0731. The topological polar surface area (TPSA) is 188 Å². The molecule has 186 valence electrons. The standard InChI is InChI=1S/C22H17N9O6/c1-27-17(12-6-4-3-5-7-12)16(29-18-19(24-21(27)29)28(2)22(33)25-20(18)32)11-23-26-14-9-8-13(30(34)35)10-15(14)31(36)37/h3-11,26H,1-2H3,(H,25,32,33)/b23-11-. The lowest BCUT2D eigenvalue weighted by molar-refractivity contribution is -0.393. The number of nitro groups is 2. The molecule has 0 spiro atoms. The van der Waals surface area contributed by atoms with Gasteiger partial charge in [0, 0.05) is 25.7 Å². The number of hydrazone groups is 1. The molecular formula is C22H17N9O6. The third kappa shape index (κ3) is 3.70. The lowest BCUT2D eigenvalue weighted by atomic mass is 10.1. The van der Waals surface area contributed by atoms with Crippen LogP contribution < -0.4 is 16.7 Å². The van der Waals surface area contributed by atoms with Crippen LogP contribution in [0, 0.1) is 20.2 Å². The molecule has 37 heavy (non-hydrogen) atoms. The van der Waals surface area contributed by atoms with Crippen molar-refractivity contribution in [3.8, 4) is 11.3 Å². The summed E-state index contributed by atoms with van der Waals surface area (Å²) in [4.78, 5) is 52.7. The maximum atomic E-state index is 12.8. The zero-order valence-electron chi connectivity index (χ0n) is 19.3. The molecule has 0 bridgehead atoms. The maximum absolute atomic E-state index is 12.8. The number of nitrogens with zero attached hydrogens (tertiary/aromatic N) is 7. The van der Waals surface area contributed by atoms with Gasteiger partial charge in [0.15, 0.2) is 11.2 Å². The zero-order valence-corrected chi connectivity index (χ0v) is 19.3. The van der Waals surface area contributed by atoms with Crippen molar-refractivity contribution in [1.29, 1.82) is 0 Å². The fraction of sp³-hybridized carbons (Fsp3) is 0.0909. The van der Waals surface area contributed by atoms with E-state index in [0.717, 1.165) is 17.7 Å². The second-order valence-corrected chi connectivity index (χ2v) is 7.98. The van der Waals surface area contributed by atoms with Crippen molar-refractivity contribution in [3.63, 3.8) is 0 Å². The van der Waals surface area contributed by atoms with Crippen molar-refractivity contribution in [2.45, 2.75) is 0 Å². The molecule has 0 saturated heterocycles. The highest BCUT2D eigenvalue weighted by atomic mass is 16.6. The smallest absolute Gasteiger partial charge is 0.312 e. The van der Waals surface area contributed by atoms with Crippen molar-refractivity contribution in [2.24, 2.45) is 19.2 Å². The Balaban J connectivity index is 1.72. The Morgan fingerprint density at radius 2 is 1.76 bits per heavy atom. The number of nitro benzene ring substituents is 2. The van der Waals surface area contributed by atoms with Crippen LogP contribution in [0.4, 0.5) is 17.1 Å². The highest BCUT2D eigenvalue weighted by molar-refractivity contribution is 5.93. The van der Waals surface area contributed by atoms with Gasteiger partial charge in [0.1, 0.15) is 5.69 Å². The van der Waals surface area contributed by atoms with E-state index >= 15 is 0 Å². The van der Waals surface area contributed by atoms with Crippen LogP contribution in [-0.2, 0) is 14.1 Å². The molecule has 0 unspecified atom stereocenters. The highest BCUT2D eigenvalue weighted by Crippen LogP contribution is 2.30. The van der Waals surface area contributed by atoms with E-state index in [1.54, 1.807) is 11.6 Å². The molecule has 2 aromatic carbocycles. The quantitative estimate of drug-likeness (QED) is 0.200. The number of aromatic nitrogens is 5. The van der Waals surface area contributed by atoms with Gasteiger partial charge in [0.25, 0.3) is 11.2 Å². The SMILES string of the molecule is Cn1c(-c2ccccc2)c(/C=N\Nc2ccc([N+](=O)[O-])cc2[N+](=O)[O-])n2c3c(=O)[nH]c(=O)n(C)c3nc12. The van der Waals surface area contributed by atoms with Crippen molar-refractivity contribution in [2.75, 3.05) is 5.43 Å². The number of aryl methyl sites for hydroxylation is 2. The van der Waals surface area contributed by atoms with E-state index < -0.39 is 32.5 Å². The van der Waals surface area contributed by atoms with Gasteiger partial charge in [-0.25, -0.2) is 4.79 Å². The number of hydrogen-bond donors (Lipinski definition) is 2. The first-order chi connectivity index (χ1) is 17.7. The highest BCUT2D eigenvalue weighted by Gasteiger charge is 2.23. The number of fused-ring (bicyclic) bond motifs is 3. The van der Waals surface area contributed by atoms with Crippen LogP contribution in [-0.4, -0.2) is 39.6 Å². The summed E-state index contributed by atoms with van der Waals surface area (Å²) in [6.07, 6.45) is 1.35. The second kappa shape index (κ2) is 8.56. The van der Waals surface area contributed by atoms with E-state index in [1.165, 1.54) is 28.3 Å². The van der Waals surface area contributed by atoms with Crippen LogP contribution in [0.1, 0.15) is 5.69 Å². The van der Waals surface area contributed by atoms with Crippen LogP contribution >= 0.6 is 0 Å². The van der Waals surface area contributed by atoms with Crippen LogP contribution in [0.5, 0.6) is 0 Å². The second-order valence-electron chi connectivity index (χ2n) is 7.98.